The molecule has 5 nitrogen and oxygen atoms in total. The normalized spacial score (nSPS) is 20.1. The highest BCUT2D eigenvalue weighted by Crippen LogP contribution is 2.32. The second kappa shape index (κ2) is 6.43. The first-order valence-corrected chi connectivity index (χ1v) is 7.38. The molecule has 0 spiro atoms. The third-order valence-corrected chi connectivity index (χ3v) is 3.97. The zero-order valence-electron chi connectivity index (χ0n) is 11.9. The van der Waals surface area contributed by atoms with Crippen LogP contribution in [0.4, 0.5) is 0 Å². The topological polar surface area (TPSA) is 51.0 Å². The van der Waals surface area contributed by atoms with Gasteiger partial charge >= 0.3 is 0 Å². The summed E-state index contributed by atoms with van der Waals surface area (Å²) in [5.41, 5.74) is 6.93. The van der Waals surface area contributed by atoms with Crippen molar-refractivity contribution in [2.75, 3.05) is 46.1 Å². The van der Waals surface area contributed by atoms with Crippen molar-refractivity contribution < 1.29 is 9.47 Å². The van der Waals surface area contributed by atoms with Crippen molar-refractivity contribution >= 4 is 0 Å². The number of nitrogens with two attached hydrogens (primary N) is 1. The molecule has 3 rings (SSSR count). The zero-order valence-corrected chi connectivity index (χ0v) is 11.9. The number of nitrogens with zero attached hydrogens (tertiary/aromatic N) is 2. The number of ether oxygens (including phenoxy) is 2. The van der Waals surface area contributed by atoms with Crippen LogP contribution < -0.4 is 15.2 Å². The van der Waals surface area contributed by atoms with Gasteiger partial charge in [0.05, 0.1) is 0 Å². The first-order valence-electron chi connectivity index (χ1n) is 7.38. The van der Waals surface area contributed by atoms with Gasteiger partial charge in [-0.15, -0.1) is 0 Å². The lowest BCUT2D eigenvalue weighted by molar-refractivity contribution is 0.174. The molecular weight excluding hydrogens is 254 g/mol. The Hall–Kier alpha value is -1.30. The van der Waals surface area contributed by atoms with Gasteiger partial charge in [0.25, 0.3) is 0 Å². The van der Waals surface area contributed by atoms with Gasteiger partial charge in [0.1, 0.15) is 0 Å². The molecule has 0 atom stereocenters. The number of fused-ring (bicyclic) bond motifs is 1. The van der Waals surface area contributed by atoms with E-state index in [0.29, 0.717) is 6.79 Å². The number of hydrogen-bond donors (Lipinski definition) is 1. The molecule has 2 heterocycles. The van der Waals surface area contributed by atoms with E-state index in [1.165, 1.54) is 12.0 Å². The SMILES string of the molecule is NCCN1CCCN(Cc2ccc3c(c2)OCO3)CC1. The first-order chi connectivity index (χ1) is 9.85. The van der Waals surface area contributed by atoms with Gasteiger partial charge in [-0.2, -0.15) is 0 Å². The summed E-state index contributed by atoms with van der Waals surface area (Å²) >= 11 is 0. The van der Waals surface area contributed by atoms with Gasteiger partial charge in [-0.25, -0.2) is 0 Å². The van der Waals surface area contributed by atoms with Crippen LogP contribution >= 0.6 is 0 Å². The summed E-state index contributed by atoms with van der Waals surface area (Å²) in [4.78, 5) is 4.97. The van der Waals surface area contributed by atoms with Gasteiger partial charge in [-0.1, -0.05) is 6.07 Å². The molecule has 2 aliphatic heterocycles. The maximum atomic E-state index is 5.64. The molecule has 1 aromatic rings. The van der Waals surface area contributed by atoms with E-state index >= 15 is 0 Å². The molecule has 0 unspecified atom stereocenters. The van der Waals surface area contributed by atoms with E-state index < -0.39 is 0 Å². The van der Waals surface area contributed by atoms with Crippen molar-refractivity contribution in [1.29, 1.82) is 0 Å². The average Bonchev–Trinajstić information content (AvgIpc) is 2.81. The lowest BCUT2D eigenvalue weighted by Crippen LogP contribution is -2.33. The highest BCUT2D eigenvalue weighted by atomic mass is 16.7. The summed E-state index contributed by atoms with van der Waals surface area (Å²) in [6.07, 6.45) is 1.21. The molecule has 1 fully saturated rings. The summed E-state index contributed by atoms with van der Waals surface area (Å²) in [5.74, 6) is 1.74. The molecule has 20 heavy (non-hydrogen) atoms. The molecule has 1 aromatic carbocycles. The van der Waals surface area contributed by atoms with Crippen LogP contribution in [0.3, 0.4) is 0 Å². The van der Waals surface area contributed by atoms with Crippen LogP contribution in [0.5, 0.6) is 11.5 Å². The lowest BCUT2D eigenvalue weighted by atomic mass is 10.2. The third kappa shape index (κ3) is 3.23. The van der Waals surface area contributed by atoms with Gasteiger partial charge in [0.2, 0.25) is 6.79 Å². The van der Waals surface area contributed by atoms with Crippen molar-refractivity contribution in [3.8, 4) is 11.5 Å². The Morgan fingerprint density at radius 2 is 1.80 bits per heavy atom. The van der Waals surface area contributed by atoms with Crippen LogP contribution in [-0.4, -0.2) is 55.9 Å². The van der Waals surface area contributed by atoms with Crippen molar-refractivity contribution in [2.45, 2.75) is 13.0 Å². The van der Waals surface area contributed by atoms with Gasteiger partial charge in [-0.05, 0) is 37.2 Å². The van der Waals surface area contributed by atoms with Gasteiger partial charge in [-0.3, -0.25) is 4.90 Å². The van der Waals surface area contributed by atoms with Crippen molar-refractivity contribution in [1.82, 2.24) is 9.80 Å². The number of rotatable bonds is 4. The summed E-state index contributed by atoms with van der Waals surface area (Å²) in [5, 5.41) is 0. The van der Waals surface area contributed by atoms with E-state index in [2.05, 4.69) is 21.9 Å². The maximum absolute atomic E-state index is 5.64. The minimum Gasteiger partial charge on any atom is -0.454 e. The van der Waals surface area contributed by atoms with Gasteiger partial charge < -0.3 is 20.1 Å². The molecule has 110 valence electrons. The maximum Gasteiger partial charge on any atom is 0.231 e. The second-order valence-electron chi connectivity index (χ2n) is 5.45. The fourth-order valence-corrected chi connectivity index (χ4v) is 2.89. The highest BCUT2D eigenvalue weighted by Gasteiger charge is 2.17. The first kappa shape index (κ1) is 13.7. The molecule has 1 saturated heterocycles. The minimum atomic E-state index is 0.344. The van der Waals surface area contributed by atoms with E-state index in [1.54, 1.807) is 0 Å². The van der Waals surface area contributed by atoms with Crippen LogP contribution in [0.25, 0.3) is 0 Å². The quantitative estimate of drug-likeness (QED) is 0.885. The van der Waals surface area contributed by atoms with E-state index in [4.69, 9.17) is 15.2 Å². The molecule has 0 aromatic heterocycles. The van der Waals surface area contributed by atoms with Gasteiger partial charge in [0, 0.05) is 32.7 Å². The average molecular weight is 277 g/mol. The Morgan fingerprint density at radius 3 is 2.70 bits per heavy atom. The Morgan fingerprint density at radius 1 is 1.00 bits per heavy atom. The molecule has 0 bridgehead atoms. The fraction of sp³-hybridized carbons (Fsp3) is 0.600. The summed E-state index contributed by atoms with van der Waals surface area (Å²) in [7, 11) is 0. The van der Waals surface area contributed by atoms with E-state index in [-0.39, 0.29) is 0 Å². The zero-order chi connectivity index (χ0) is 13.8. The molecule has 0 saturated carbocycles. The summed E-state index contributed by atoms with van der Waals surface area (Å²) < 4.78 is 10.8. The molecule has 2 N–H and O–H groups in total. The van der Waals surface area contributed by atoms with Crippen LogP contribution in [0, 0.1) is 0 Å². The summed E-state index contributed by atoms with van der Waals surface area (Å²) in [6.45, 7) is 7.62. The minimum absolute atomic E-state index is 0.344. The second-order valence-corrected chi connectivity index (χ2v) is 5.45. The standard InChI is InChI=1S/C15H23N3O2/c16-4-7-17-5-1-6-18(9-8-17)11-13-2-3-14-15(10-13)20-12-19-14/h2-3,10H,1,4-9,11-12,16H2. The Labute approximate surface area is 120 Å². The van der Waals surface area contributed by atoms with Crippen LogP contribution in [0.1, 0.15) is 12.0 Å². The predicted molar refractivity (Wildman–Crippen MR) is 78.0 cm³/mol. The molecule has 0 radical (unpaired) electrons. The molecule has 0 amide bonds. The lowest BCUT2D eigenvalue weighted by Gasteiger charge is -2.21. The molecule has 2 aliphatic rings. The Bertz CT molecular complexity index is 453. The van der Waals surface area contributed by atoms with Crippen molar-refractivity contribution in [2.24, 2.45) is 5.73 Å². The number of hydrogen-bond acceptors (Lipinski definition) is 5. The van der Waals surface area contributed by atoms with E-state index in [0.717, 1.165) is 57.3 Å². The summed E-state index contributed by atoms with van der Waals surface area (Å²) in [6, 6.07) is 6.25. The highest BCUT2D eigenvalue weighted by molar-refractivity contribution is 5.44. The Kier molecular flexibility index (Phi) is 4.40. The predicted octanol–water partition coefficient (Wildman–Crippen LogP) is 0.882. The molecule has 0 aliphatic carbocycles. The van der Waals surface area contributed by atoms with E-state index in [9.17, 15) is 0 Å². The number of benzene rings is 1. The molecular formula is C15H23N3O2. The molecule has 5 heteroatoms. The largest absolute Gasteiger partial charge is 0.454 e. The smallest absolute Gasteiger partial charge is 0.231 e. The van der Waals surface area contributed by atoms with Crippen LogP contribution in [0.2, 0.25) is 0 Å². The van der Waals surface area contributed by atoms with Crippen molar-refractivity contribution in [3.63, 3.8) is 0 Å². The third-order valence-electron chi connectivity index (χ3n) is 3.97. The Balaban J connectivity index is 1.57. The van der Waals surface area contributed by atoms with Crippen LogP contribution in [0.15, 0.2) is 18.2 Å². The fourth-order valence-electron chi connectivity index (χ4n) is 2.89. The van der Waals surface area contributed by atoms with Crippen molar-refractivity contribution in [3.05, 3.63) is 23.8 Å². The van der Waals surface area contributed by atoms with Gasteiger partial charge in [0.15, 0.2) is 11.5 Å². The van der Waals surface area contributed by atoms with Crippen LogP contribution in [-0.2, 0) is 6.54 Å². The van der Waals surface area contributed by atoms with E-state index in [1.807, 2.05) is 6.07 Å². The monoisotopic (exact) mass is 277 g/mol.